The zero-order valence-corrected chi connectivity index (χ0v) is 13.2. The van der Waals surface area contributed by atoms with Crippen molar-refractivity contribution >= 4 is 21.8 Å². The normalized spacial score (nSPS) is 12.3. The molecule has 3 N–H and O–H groups in total. The molecule has 1 aromatic rings. The molecule has 1 rings (SSSR count). The van der Waals surface area contributed by atoms with Crippen LogP contribution < -0.4 is 15.8 Å². The number of hydrogen-bond donors (Lipinski definition) is 2. The number of benzene rings is 1. The van der Waals surface area contributed by atoms with Gasteiger partial charge >= 0.3 is 0 Å². The molecule has 0 aliphatic rings. The summed E-state index contributed by atoms with van der Waals surface area (Å²) >= 11 is 3.38. The predicted molar refractivity (Wildman–Crippen MR) is 80.1 cm³/mol. The summed E-state index contributed by atoms with van der Waals surface area (Å²) in [5.41, 5.74) is 6.76. The Labute approximate surface area is 122 Å². The molecule has 0 aliphatic carbocycles. The van der Waals surface area contributed by atoms with E-state index in [1.165, 1.54) is 0 Å². The largest absolute Gasteiger partial charge is 0.483 e. The predicted octanol–water partition coefficient (Wildman–Crippen LogP) is 2.62. The monoisotopic (exact) mass is 328 g/mol. The van der Waals surface area contributed by atoms with E-state index >= 15 is 0 Å². The Morgan fingerprint density at radius 1 is 1.42 bits per heavy atom. The average Bonchev–Trinajstić information content (AvgIpc) is 2.33. The van der Waals surface area contributed by atoms with Crippen molar-refractivity contribution in [3.63, 3.8) is 0 Å². The highest BCUT2D eigenvalue weighted by molar-refractivity contribution is 9.10. The van der Waals surface area contributed by atoms with Crippen LogP contribution in [0.5, 0.6) is 5.75 Å². The SMILES string of the molecule is CC(C)CNC(=O)COc1cc(Br)ccc1[C@H](C)N. The van der Waals surface area contributed by atoms with E-state index in [4.69, 9.17) is 10.5 Å². The summed E-state index contributed by atoms with van der Waals surface area (Å²) in [6.45, 7) is 6.63. The van der Waals surface area contributed by atoms with E-state index in [1.54, 1.807) is 0 Å². The van der Waals surface area contributed by atoms with Crippen molar-refractivity contribution in [1.82, 2.24) is 5.32 Å². The molecule has 0 saturated carbocycles. The molecule has 0 heterocycles. The maximum atomic E-state index is 11.6. The van der Waals surface area contributed by atoms with Crippen molar-refractivity contribution in [2.45, 2.75) is 26.8 Å². The topological polar surface area (TPSA) is 64.3 Å². The van der Waals surface area contributed by atoms with Gasteiger partial charge in [0.1, 0.15) is 5.75 Å². The van der Waals surface area contributed by atoms with E-state index in [0.29, 0.717) is 18.2 Å². The fraction of sp³-hybridized carbons (Fsp3) is 0.500. The Balaban J connectivity index is 2.61. The van der Waals surface area contributed by atoms with Crippen LogP contribution >= 0.6 is 15.9 Å². The Morgan fingerprint density at radius 3 is 2.68 bits per heavy atom. The fourth-order valence-corrected chi connectivity index (χ4v) is 1.86. The molecule has 0 unspecified atom stereocenters. The van der Waals surface area contributed by atoms with Crippen molar-refractivity contribution < 1.29 is 9.53 Å². The Hall–Kier alpha value is -1.07. The molecular weight excluding hydrogens is 308 g/mol. The minimum absolute atomic E-state index is 0.00287. The summed E-state index contributed by atoms with van der Waals surface area (Å²) in [5, 5.41) is 2.81. The smallest absolute Gasteiger partial charge is 0.257 e. The number of halogens is 1. The Kier molecular flexibility index (Phi) is 6.31. The van der Waals surface area contributed by atoms with Gasteiger partial charge in [-0.3, -0.25) is 4.79 Å². The van der Waals surface area contributed by atoms with Crippen molar-refractivity contribution in [2.75, 3.05) is 13.2 Å². The number of carbonyl (C=O) groups excluding carboxylic acids is 1. The quantitative estimate of drug-likeness (QED) is 0.843. The molecule has 19 heavy (non-hydrogen) atoms. The second kappa shape index (κ2) is 7.50. The van der Waals surface area contributed by atoms with Gasteiger partial charge in [0.05, 0.1) is 0 Å². The van der Waals surface area contributed by atoms with Gasteiger partial charge in [-0.1, -0.05) is 35.8 Å². The van der Waals surface area contributed by atoms with Gasteiger partial charge in [-0.15, -0.1) is 0 Å². The molecule has 0 aromatic heterocycles. The van der Waals surface area contributed by atoms with E-state index in [9.17, 15) is 4.79 Å². The number of nitrogens with one attached hydrogen (secondary N) is 1. The summed E-state index contributed by atoms with van der Waals surface area (Å²) in [4.78, 5) is 11.6. The van der Waals surface area contributed by atoms with Gasteiger partial charge in [-0.2, -0.15) is 0 Å². The first-order chi connectivity index (χ1) is 8.90. The van der Waals surface area contributed by atoms with Crippen LogP contribution in [0.4, 0.5) is 0 Å². The maximum absolute atomic E-state index is 11.6. The summed E-state index contributed by atoms with van der Waals surface area (Å²) in [6.07, 6.45) is 0. The van der Waals surface area contributed by atoms with Crippen LogP contribution in [0.15, 0.2) is 22.7 Å². The molecule has 0 spiro atoms. The molecule has 0 aliphatic heterocycles. The van der Waals surface area contributed by atoms with Crippen LogP contribution in [-0.2, 0) is 4.79 Å². The molecule has 0 saturated heterocycles. The van der Waals surface area contributed by atoms with Crippen LogP contribution in [0.3, 0.4) is 0 Å². The van der Waals surface area contributed by atoms with Gasteiger partial charge < -0.3 is 15.8 Å². The molecule has 5 heteroatoms. The van der Waals surface area contributed by atoms with Crippen molar-refractivity contribution in [2.24, 2.45) is 11.7 Å². The molecule has 4 nitrogen and oxygen atoms in total. The maximum Gasteiger partial charge on any atom is 0.257 e. The van der Waals surface area contributed by atoms with Crippen LogP contribution in [-0.4, -0.2) is 19.1 Å². The minimum atomic E-state index is -0.137. The average molecular weight is 329 g/mol. The lowest BCUT2D eigenvalue weighted by Crippen LogP contribution is -2.31. The standard InChI is InChI=1S/C14H21BrN2O2/c1-9(2)7-17-14(18)8-19-13-6-11(15)4-5-12(13)10(3)16/h4-6,9-10H,7-8,16H2,1-3H3,(H,17,18)/t10-/m0/s1. The van der Waals surface area contributed by atoms with Crippen LogP contribution in [0.1, 0.15) is 32.4 Å². The third-order valence-corrected chi connectivity index (χ3v) is 3.03. The van der Waals surface area contributed by atoms with E-state index in [-0.39, 0.29) is 18.6 Å². The van der Waals surface area contributed by atoms with Gasteiger partial charge in [0.25, 0.3) is 5.91 Å². The first-order valence-electron chi connectivity index (χ1n) is 6.34. The van der Waals surface area contributed by atoms with Gasteiger partial charge in [0, 0.05) is 22.6 Å². The lowest BCUT2D eigenvalue weighted by molar-refractivity contribution is -0.123. The number of carbonyl (C=O) groups is 1. The molecule has 0 fully saturated rings. The summed E-state index contributed by atoms with van der Waals surface area (Å²) < 4.78 is 6.45. The molecular formula is C14H21BrN2O2. The van der Waals surface area contributed by atoms with Gasteiger partial charge in [-0.25, -0.2) is 0 Å². The minimum Gasteiger partial charge on any atom is -0.483 e. The number of nitrogens with two attached hydrogens (primary N) is 1. The van der Waals surface area contributed by atoms with Crippen LogP contribution in [0.25, 0.3) is 0 Å². The highest BCUT2D eigenvalue weighted by Crippen LogP contribution is 2.27. The first-order valence-corrected chi connectivity index (χ1v) is 7.14. The summed E-state index contributed by atoms with van der Waals surface area (Å²) in [5.74, 6) is 0.947. The molecule has 1 atom stereocenters. The van der Waals surface area contributed by atoms with Crippen molar-refractivity contribution in [3.05, 3.63) is 28.2 Å². The second-order valence-electron chi connectivity index (χ2n) is 4.96. The molecule has 0 radical (unpaired) electrons. The zero-order chi connectivity index (χ0) is 14.4. The van der Waals surface area contributed by atoms with Gasteiger partial charge in [-0.05, 0) is 25.0 Å². The lowest BCUT2D eigenvalue weighted by Gasteiger charge is -2.14. The van der Waals surface area contributed by atoms with Crippen LogP contribution in [0, 0.1) is 5.92 Å². The number of hydrogen-bond acceptors (Lipinski definition) is 3. The Morgan fingerprint density at radius 2 is 2.11 bits per heavy atom. The second-order valence-corrected chi connectivity index (χ2v) is 5.87. The summed E-state index contributed by atoms with van der Waals surface area (Å²) in [6, 6.07) is 5.50. The zero-order valence-electron chi connectivity index (χ0n) is 11.6. The first kappa shape index (κ1) is 16.0. The third kappa shape index (κ3) is 5.61. The fourth-order valence-electron chi connectivity index (χ4n) is 1.52. The van der Waals surface area contributed by atoms with Gasteiger partial charge in [0.2, 0.25) is 0 Å². The van der Waals surface area contributed by atoms with E-state index in [2.05, 4.69) is 21.2 Å². The third-order valence-electron chi connectivity index (χ3n) is 2.53. The Bertz CT molecular complexity index is 433. The van der Waals surface area contributed by atoms with E-state index in [0.717, 1.165) is 10.0 Å². The number of amides is 1. The molecule has 1 amide bonds. The molecule has 1 aromatic carbocycles. The lowest BCUT2D eigenvalue weighted by atomic mass is 10.1. The summed E-state index contributed by atoms with van der Waals surface area (Å²) in [7, 11) is 0. The number of ether oxygens (including phenoxy) is 1. The highest BCUT2D eigenvalue weighted by atomic mass is 79.9. The van der Waals surface area contributed by atoms with E-state index < -0.39 is 0 Å². The molecule has 0 bridgehead atoms. The van der Waals surface area contributed by atoms with Crippen molar-refractivity contribution in [1.29, 1.82) is 0 Å². The van der Waals surface area contributed by atoms with Crippen LogP contribution in [0.2, 0.25) is 0 Å². The molecule has 106 valence electrons. The van der Waals surface area contributed by atoms with Gasteiger partial charge in [0.15, 0.2) is 6.61 Å². The highest BCUT2D eigenvalue weighted by Gasteiger charge is 2.10. The number of rotatable bonds is 6. The van der Waals surface area contributed by atoms with E-state index in [1.807, 2.05) is 39.0 Å². The van der Waals surface area contributed by atoms with Crippen molar-refractivity contribution in [3.8, 4) is 5.75 Å².